The van der Waals surface area contributed by atoms with E-state index in [9.17, 15) is 0 Å². The predicted molar refractivity (Wildman–Crippen MR) is 94.4 cm³/mol. The zero-order valence-corrected chi connectivity index (χ0v) is 16.3. The first kappa shape index (κ1) is 13.9. The summed E-state index contributed by atoms with van der Waals surface area (Å²) in [5.41, 5.74) is 0. The van der Waals surface area contributed by atoms with Crippen LogP contribution < -0.4 is 26.8 Å². The standard InChI is InChI=1S/C18H12Se3/c1-2-8-14-13(7-1)19-15-9-3-4-10-16(15)21-18-12-6-5-11-17(18)20-14/h1-12H. The second-order valence-corrected chi connectivity index (χ2v) is 11.5. The molecule has 0 fully saturated rings. The van der Waals surface area contributed by atoms with Crippen LogP contribution in [0, 0.1) is 0 Å². The summed E-state index contributed by atoms with van der Waals surface area (Å²) in [6.45, 7) is 0. The van der Waals surface area contributed by atoms with Gasteiger partial charge in [0.1, 0.15) is 0 Å². The van der Waals surface area contributed by atoms with Gasteiger partial charge in [-0.05, 0) is 0 Å². The first-order chi connectivity index (χ1) is 10.4. The van der Waals surface area contributed by atoms with Crippen molar-refractivity contribution in [1.29, 1.82) is 0 Å². The van der Waals surface area contributed by atoms with Crippen LogP contribution in [0.15, 0.2) is 72.8 Å². The molecule has 0 saturated carbocycles. The predicted octanol–water partition coefficient (Wildman–Crippen LogP) is -1.03. The molecule has 0 amide bonds. The van der Waals surface area contributed by atoms with Gasteiger partial charge in [-0.2, -0.15) is 0 Å². The molecule has 3 heteroatoms. The fraction of sp³-hybridized carbons (Fsp3) is 0. The molecule has 0 aliphatic carbocycles. The normalized spacial score (nSPS) is 13.1. The van der Waals surface area contributed by atoms with Gasteiger partial charge in [-0.3, -0.25) is 0 Å². The quantitative estimate of drug-likeness (QED) is 0.292. The minimum absolute atomic E-state index is 0.429. The van der Waals surface area contributed by atoms with Gasteiger partial charge < -0.3 is 0 Å². The molecule has 0 saturated heterocycles. The molecule has 3 aromatic rings. The third-order valence-corrected chi connectivity index (χ3v) is 12.4. The number of fused-ring (bicyclic) bond motifs is 3. The van der Waals surface area contributed by atoms with Gasteiger partial charge >= 0.3 is 144 Å². The van der Waals surface area contributed by atoms with E-state index < -0.39 is 0 Å². The van der Waals surface area contributed by atoms with Gasteiger partial charge in [0.05, 0.1) is 0 Å². The summed E-state index contributed by atoms with van der Waals surface area (Å²) in [7, 11) is 0. The average molecular weight is 465 g/mol. The van der Waals surface area contributed by atoms with Crippen LogP contribution in [0.2, 0.25) is 0 Å². The first-order valence-corrected chi connectivity index (χ1v) is 11.8. The van der Waals surface area contributed by atoms with E-state index in [-0.39, 0.29) is 0 Å². The fourth-order valence-corrected chi connectivity index (χ4v) is 10.4. The topological polar surface area (TPSA) is 0 Å². The van der Waals surface area contributed by atoms with E-state index in [1.165, 1.54) is 0 Å². The van der Waals surface area contributed by atoms with Crippen LogP contribution in [-0.4, -0.2) is 44.9 Å². The van der Waals surface area contributed by atoms with E-state index in [4.69, 9.17) is 0 Å². The Morgan fingerprint density at radius 3 is 0.714 bits per heavy atom. The molecule has 0 nitrogen and oxygen atoms in total. The van der Waals surface area contributed by atoms with E-state index in [1.54, 1.807) is 26.8 Å². The van der Waals surface area contributed by atoms with Crippen LogP contribution in [0.1, 0.15) is 0 Å². The summed E-state index contributed by atoms with van der Waals surface area (Å²) in [6.07, 6.45) is 0. The molecule has 102 valence electrons. The molecule has 0 unspecified atom stereocenters. The Labute approximate surface area is 143 Å². The molecule has 1 aliphatic rings. The van der Waals surface area contributed by atoms with Crippen molar-refractivity contribution in [1.82, 2.24) is 0 Å². The average Bonchev–Trinajstić information content (AvgIpc) is 2.59. The molecule has 0 N–H and O–H groups in total. The Morgan fingerprint density at radius 1 is 0.333 bits per heavy atom. The molecule has 1 aliphatic heterocycles. The number of benzene rings is 3. The van der Waals surface area contributed by atoms with Crippen LogP contribution in [0.5, 0.6) is 0 Å². The summed E-state index contributed by atoms with van der Waals surface area (Å²) in [6, 6.07) is 27.1. The molecule has 0 bridgehead atoms. The molecule has 0 aromatic heterocycles. The molecule has 21 heavy (non-hydrogen) atoms. The van der Waals surface area contributed by atoms with Gasteiger partial charge in [0.25, 0.3) is 0 Å². The fourth-order valence-electron chi connectivity index (χ4n) is 2.21. The zero-order chi connectivity index (χ0) is 14.1. The van der Waals surface area contributed by atoms with Gasteiger partial charge in [0.15, 0.2) is 0 Å². The van der Waals surface area contributed by atoms with Gasteiger partial charge in [0.2, 0.25) is 0 Å². The molecule has 4 rings (SSSR count). The molecular formula is C18H12Se3. The number of rotatable bonds is 0. The number of hydrogen-bond acceptors (Lipinski definition) is 0. The summed E-state index contributed by atoms with van der Waals surface area (Å²) < 4.78 is 9.36. The number of hydrogen-bond donors (Lipinski definition) is 0. The van der Waals surface area contributed by atoms with E-state index in [1.807, 2.05) is 0 Å². The van der Waals surface area contributed by atoms with Crippen LogP contribution in [-0.2, 0) is 0 Å². The Kier molecular flexibility index (Phi) is 4.05. The van der Waals surface area contributed by atoms with Crippen molar-refractivity contribution in [3.8, 4) is 0 Å². The van der Waals surface area contributed by atoms with Crippen molar-refractivity contribution in [2.75, 3.05) is 0 Å². The second kappa shape index (κ2) is 6.15. The SMILES string of the molecule is c1ccc2c(c1)[Se]c1ccccc1[Se]c1ccccc1[Se]2. The first-order valence-electron chi connectivity index (χ1n) is 6.71. The Morgan fingerprint density at radius 2 is 0.524 bits per heavy atom. The summed E-state index contributed by atoms with van der Waals surface area (Å²) in [5.74, 6) is 0. The van der Waals surface area contributed by atoms with Gasteiger partial charge in [-0.15, -0.1) is 0 Å². The van der Waals surface area contributed by atoms with E-state index in [0.717, 1.165) is 0 Å². The van der Waals surface area contributed by atoms with Crippen molar-refractivity contribution in [2.24, 2.45) is 0 Å². The summed E-state index contributed by atoms with van der Waals surface area (Å²) in [4.78, 5) is 0. The van der Waals surface area contributed by atoms with Crippen LogP contribution in [0.25, 0.3) is 0 Å². The van der Waals surface area contributed by atoms with Crippen molar-refractivity contribution in [3.05, 3.63) is 72.8 Å². The molecule has 0 radical (unpaired) electrons. The maximum absolute atomic E-state index is 2.33. The second-order valence-electron chi connectivity index (χ2n) is 4.65. The molecular weight excluding hydrogens is 453 g/mol. The zero-order valence-electron chi connectivity index (χ0n) is 11.2. The summed E-state index contributed by atoms with van der Waals surface area (Å²) >= 11 is 1.29. The Bertz CT molecular complexity index is 625. The van der Waals surface area contributed by atoms with Gasteiger partial charge in [0, 0.05) is 0 Å². The molecule has 0 spiro atoms. The monoisotopic (exact) mass is 468 g/mol. The maximum atomic E-state index is 2.33. The Hall–Kier alpha value is -0.782. The molecule has 0 atom stereocenters. The van der Waals surface area contributed by atoms with Gasteiger partial charge in [-0.1, -0.05) is 0 Å². The van der Waals surface area contributed by atoms with E-state index >= 15 is 0 Å². The third-order valence-electron chi connectivity index (χ3n) is 3.21. The molecule has 3 aromatic carbocycles. The van der Waals surface area contributed by atoms with Crippen LogP contribution in [0.4, 0.5) is 0 Å². The van der Waals surface area contributed by atoms with Gasteiger partial charge in [-0.25, -0.2) is 0 Å². The van der Waals surface area contributed by atoms with E-state index in [0.29, 0.717) is 44.9 Å². The van der Waals surface area contributed by atoms with Crippen molar-refractivity contribution in [2.45, 2.75) is 0 Å². The van der Waals surface area contributed by atoms with Crippen LogP contribution in [0.3, 0.4) is 0 Å². The minimum atomic E-state index is 0.429. The van der Waals surface area contributed by atoms with Crippen molar-refractivity contribution in [3.63, 3.8) is 0 Å². The van der Waals surface area contributed by atoms with E-state index in [2.05, 4.69) is 72.8 Å². The van der Waals surface area contributed by atoms with Crippen molar-refractivity contribution >= 4 is 71.6 Å². The molecule has 1 heterocycles. The van der Waals surface area contributed by atoms with Crippen molar-refractivity contribution < 1.29 is 0 Å². The third kappa shape index (κ3) is 2.91. The Balaban J connectivity index is 1.94. The summed E-state index contributed by atoms with van der Waals surface area (Å²) in [5, 5.41) is 0. The van der Waals surface area contributed by atoms with Crippen LogP contribution >= 0.6 is 0 Å².